The summed E-state index contributed by atoms with van der Waals surface area (Å²) in [5.41, 5.74) is -0.506. The van der Waals surface area contributed by atoms with Crippen molar-refractivity contribution >= 4 is 5.78 Å². The van der Waals surface area contributed by atoms with E-state index in [-0.39, 0.29) is 12.0 Å². The third kappa shape index (κ3) is 3.82. The Labute approximate surface area is 103 Å². The SMILES string of the molecule is COC(OC)C(=O)Cc1cccc(C(F)(F)F)c1. The zero-order valence-electron chi connectivity index (χ0n) is 9.95. The summed E-state index contributed by atoms with van der Waals surface area (Å²) >= 11 is 0. The van der Waals surface area contributed by atoms with Gasteiger partial charge in [-0.3, -0.25) is 4.79 Å². The summed E-state index contributed by atoms with van der Waals surface area (Å²) in [5.74, 6) is -0.431. The average molecular weight is 262 g/mol. The molecule has 1 aromatic rings. The van der Waals surface area contributed by atoms with Gasteiger partial charge in [0, 0.05) is 20.6 Å². The summed E-state index contributed by atoms with van der Waals surface area (Å²) in [6, 6.07) is 4.62. The molecule has 0 amide bonds. The highest BCUT2D eigenvalue weighted by Gasteiger charge is 2.30. The summed E-state index contributed by atoms with van der Waals surface area (Å²) in [5, 5.41) is 0. The standard InChI is InChI=1S/C12H13F3O3/c1-17-11(18-2)10(16)7-8-4-3-5-9(6-8)12(13,14)15/h3-6,11H,7H2,1-2H3. The Morgan fingerprint density at radius 3 is 2.39 bits per heavy atom. The first kappa shape index (κ1) is 14.7. The lowest BCUT2D eigenvalue weighted by atomic mass is 10.1. The molecular weight excluding hydrogens is 249 g/mol. The van der Waals surface area contributed by atoms with Gasteiger partial charge in [0.15, 0.2) is 5.78 Å². The Bertz CT molecular complexity index is 411. The predicted octanol–water partition coefficient (Wildman–Crippen LogP) is 2.44. The highest BCUT2D eigenvalue weighted by Crippen LogP contribution is 2.29. The van der Waals surface area contributed by atoms with E-state index in [0.717, 1.165) is 12.1 Å². The van der Waals surface area contributed by atoms with E-state index in [1.54, 1.807) is 0 Å². The van der Waals surface area contributed by atoms with E-state index in [2.05, 4.69) is 0 Å². The van der Waals surface area contributed by atoms with Crippen LogP contribution in [0.15, 0.2) is 24.3 Å². The van der Waals surface area contributed by atoms with Gasteiger partial charge in [0.1, 0.15) is 0 Å². The number of rotatable bonds is 5. The van der Waals surface area contributed by atoms with Crippen LogP contribution in [0.3, 0.4) is 0 Å². The van der Waals surface area contributed by atoms with Crippen LogP contribution in [0, 0.1) is 0 Å². The van der Waals surface area contributed by atoms with Crippen molar-refractivity contribution in [3.63, 3.8) is 0 Å². The van der Waals surface area contributed by atoms with Crippen molar-refractivity contribution in [2.24, 2.45) is 0 Å². The van der Waals surface area contributed by atoms with Crippen LogP contribution in [0.2, 0.25) is 0 Å². The van der Waals surface area contributed by atoms with Crippen LogP contribution in [-0.4, -0.2) is 26.3 Å². The van der Waals surface area contributed by atoms with Crippen LogP contribution in [0.25, 0.3) is 0 Å². The first-order chi connectivity index (χ1) is 8.38. The minimum atomic E-state index is -4.42. The molecule has 0 spiro atoms. The molecule has 100 valence electrons. The summed E-state index contributed by atoms with van der Waals surface area (Å²) in [7, 11) is 2.58. The first-order valence-electron chi connectivity index (χ1n) is 5.13. The third-order valence-corrected chi connectivity index (χ3v) is 2.32. The van der Waals surface area contributed by atoms with Crippen LogP contribution in [0.4, 0.5) is 13.2 Å². The largest absolute Gasteiger partial charge is 0.416 e. The average Bonchev–Trinajstić information content (AvgIpc) is 2.29. The van der Waals surface area contributed by atoms with Crippen LogP contribution in [0.1, 0.15) is 11.1 Å². The van der Waals surface area contributed by atoms with Crippen molar-refractivity contribution in [1.82, 2.24) is 0 Å². The normalized spacial score (nSPS) is 11.9. The smallest absolute Gasteiger partial charge is 0.349 e. The van der Waals surface area contributed by atoms with Crippen molar-refractivity contribution in [3.05, 3.63) is 35.4 Å². The number of Topliss-reactive ketones (excluding diaryl/α,β-unsaturated/α-hetero) is 1. The van der Waals surface area contributed by atoms with Gasteiger partial charge in [0.2, 0.25) is 6.29 Å². The number of ether oxygens (including phenoxy) is 2. The number of ketones is 1. The lowest BCUT2D eigenvalue weighted by Gasteiger charge is -2.12. The Morgan fingerprint density at radius 1 is 1.28 bits per heavy atom. The molecule has 0 atom stereocenters. The number of carbonyl (C=O) groups is 1. The van der Waals surface area contributed by atoms with Gasteiger partial charge in [0.25, 0.3) is 0 Å². The fourth-order valence-electron chi connectivity index (χ4n) is 1.50. The third-order valence-electron chi connectivity index (χ3n) is 2.32. The number of benzene rings is 1. The van der Waals surface area contributed by atoms with E-state index in [0.29, 0.717) is 0 Å². The van der Waals surface area contributed by atoms with Gasteiger partial charge in [-0.05, 0) is 11.6 Å². The zero-order chi connectivity index (χ0) is 13.8. The highest BCUT2D eigenvalue weighted by molar-refractivity contribution is 5.84. The number of halogens is 3. The molecule has 0 aromatic heterocycles. The van der Waals surface area contributed by atoms with E-state index in [4.69, 9.17) is 9.47 Å². The van der Waals surface area contributed by atoms with E-state index in [1.807, 2.05) is 0 Å². The second kappa shape index (κ2) is 5.97. The molecule has 18 heavy (non-hydrogen) atoms. The molecule has 3 nitrogen and oxygen atoms in total. The number of hydrogen-bond acceptors (Lipinski definition) is 3. The molecular formula is C12H13F3O3. The van der Waals surface area contributed by atoms with E-state index in [1.165, 1.54) is 26.4 Å². The van der Waals surface area contributed by atoms with E-state index >= 15 is 0 Å². The summed E-state index contributed by atoms with van der Waals surface area (Å²) in [6.07, 6.45) is -5.64. The molecule has 0 unspecified atom stereocenters. The molecule has 0 bridgehead atoms. The van der Waals surface area contributed by atoms with Crippen LogP contribution in [0.5, 0.6) is 0 Å². The summed E-state index contributed by atoms with van der Waals surface area (Å²) < 4.78 is 46.9. The Hall–Kier alpha value is -1.40. The van der Waals surface area contributed by atoms with Crippen molar-refractivity contribution in [3.8, 4) is 0 Å². The predicted molar refractivity (Wildman–Crippen MR) is 58.0 cm³/mol. The molecule has 6 heteroatoms. The number of alkyl halides is 3. The van der Waals surface area contributed by atoms with Crippen LogP contribution in [-0.2, 0) is 26.9 Å². The van der Waals surface area contributed by atoms with Crippen molar-refractivity contribution in [2.75, 3.05) is 14.2 Å². The zero-order valence-corrected chi connectivity index (χ0v) is 9.95. The minimum absolute atomic E-state index is 0.170. The number of hydrogen-bond donors (Lipinski definition) is 0. The molecule has 1 rings (SSSR count). The molecule has 0 fully saturated rings. The Morgan fingerprint density at radius 2 is 1.89 bits per heavy atom. The molecule has 0 saturated heterocycles. The second-order valence-corrected chi connectivity index (χ2v) is 3.64. The Balaban J connectivity index is 2.83. The van der Waals surface area contributed by atoms with Gasteiger partial charge in [-0.15, -0.1) is 0 Å². The fraction of sp³-hybridized carbons (Fsp3) is 0.417. The monoisotopic (exact) mass is 262 g/mol. The molecule has 0 heterocycles. The van der Waals surface area contributed by atoms with E-state index < -0.39 is 23.8 Å². The maximum Gasteiger partial charge on any atom is 0.416 e. The summed E-state index contributed by atoms with van der Waals surface area (Å²) in [6.45, 7) is 0. The van der Waals surface area contributed by atoms with Gasteiger partial charge in [-0.1, -0.05) is 18.2 Å². The van der Waals surface area contributed by atoms with Gasteiger partial charge < -0.3 is 9.47 Å². The number of carbonyl (C=O) groups excluding carboxylic acids is 1. The maximum absolute atomic E-state index is 12.5. The highest BCUT2D eigenvalue weighted by atomic mass is 19.4. The molecule has 0 aliphatic carbocycles. The molecule has 1 aromatic carbocycles. The summed E-state index contributed by atoms with van der Waals surface area (Å²) in [4.78, 5) is 11.6. The van der Waals surface area contributed by atoms with Crippen molar-refractivity contribution in [2.45, 2.75) is 18.9 Å². The second-order valence-electron chi connectivity index (χ2n) is 3.64. The molecule has 0 aliphatic heterocycles. The van der Waals surface area contributed by atoms with Crippen LogP contribution >= 0.6 is 0 Å². The molecule has 0 saturated carbocycles. The topological polar surface area (TPSA) is 35.5 Å². The van der Waals surface area contributed by atoms with Gasteiger partial charge in [0.05, 0.1) is 5.56 Å². The quantitative estimate of drug-likeness (QED) is 0.764. The molecule has 0 aliphatic rings. The number of methoxy groups -OCH3 is 2. The maximum atomic E-state index is 12.5. The first-order valence-corrected chi connectivity index (χ1v) is 5.13. The fourth-order valence-corrected chi connectivity index (χ4v) is 1.50. The Kier molecular flexibility index (Phi) is 4.86. The van der Waals surface area contributed by atoms with E-state index in [9.17, 15) is 18.0 Å². The van der Waals surface area contributed by atoms with Crippen molar-refractivity contribution < 1.29 is 27.4 Å². The van der Waals surface area contributed by atoms with Gasteiger partial charge >= 0.3 is 6.18 Å². The molecule has 0 N–H and O–H groups in total. The van der Waals surface area contributed by atoms with Crippen LogP contribution < -0.4 is 0 Å². The molecule has 0 radical (unpaired) electrons. The van der Waals surface area contributed by atoms with Gasteiger partial charge in [-0.2, -0.15) is 13.2 Å². The van der Waals surface area contributed by atoms with Crippen molar-refractivity contribution in [1.29, 1.82) is 0 Å². The van der Waals surface area contributed by atoms with Gasteiger partial charge in [-0.25, -0.2) is 0 Å². The minimum Gasteiger partial charge on any atom is -0.349 e. The lowest BCUT2D eigenvalue weighted by Crippen LogP contribution is -2.26. The lowest BCUT2D eigenvalue weighted by molar-refractivity contribution is -0.156.